The van der Waals surface area contributed by atoms with Gasteiger partial charge in [-0.3, -0.25) is 9.36 Å². The molecule has 0 unspecified atom stereocenters. The van der Waals surface area contributed by atoms with E-state index in [1.54, 1.807) is 41.8 Å². The molecule has 0 amide bonds. The van der Waals surface area contributed by atoms with Crippen molar-refractivity contribution in [3.05, 3.63) is 101 Å². The second-order valence-corrected chi connectivity index (χ2v) is 11.0. The van der Waals surface area contributed by atoms with E-state index in [4.69, 9.17) is 14.1 Å². The van der Waals surface area contributed by atoms with Crippen molar-refractivity contribution in [2.75, 3.05) is 6.61 Å². The van der Waals surface area contributed by atoms with Crippen LogP contribution in [-0.4, -0.2) is 28.2 Å². The van der Waals surface area contributed by atoms with E-state index in [-0.39, 0.29) is 17.7 Å². The fraction of sp³-hybridized carbons (Fsp3) is 0.241. The van der Waals surface area contributed by atoms with Gasteiger partial charge in [-0.1, -0.05) is 36.8 Å². The highest BCUT2D eigenvalue weighted by atomic mass is 32.1. The van der Waals surface area contributed by atoms with Crippen molar-refractivity contribution in [2.45, 2.75) is 39.7 Å². The quantitative estimate of drug-likeness (QED) is 0.306. The number of aromatic nitrogens is 1. The number of hydrogen-bond donors (Lipinski definition) is 1. The number of thiophene rings is 1. The minimum absolute atomic E-state index is 0.203. The summed E-state index contributed by atoms with van der Waals surface area (Å²) in [5.41, 5.74) is 2.51. The molecule has 3 aromatic heterocycles. The van der Waals surface area contributed by atoms with Crippen molar-refractivity contribution in [2.24, 2.45) is 4.99 Å². The first-order valence-electron chi connectivity index (χ1n) is 12.5. The lowest BCUT2D eigenvalue weighted by atomic mass is 9.99. The average Bonchev–Trinajstić information content (AvgIpc) is 3.66. The molecular weight excluding hydrogens is 536 g/mol. The summed E-state index contributed by atoms with van der Waals surface area (Å²) in [7, 11) is 0. The molecule has 200 valence electrons. The molecule has 4 aromatic rings. The first kappa shape index (κ1) is 26.6. The standard InChI is InChI=1S/C29H26N2O6S2/c1-4-7-20-24(28(35)36-5-2)25(22-8-6-13-38-22)31-26(32)23(39-29(31)30-20)15-18-10-12-21(37-18)19-11-9-17(27(33)34)14-16(19)3/h6,8-15,25H,4-5,7H2,1-3H3,(H,33,34)/b23-15-/t25-/m1/s1. The monoisotopic (exact) mass is 562 g/mol. The first-order valence-corrected chi connectivity index (χ1v) is 14.2. The van der Waals surface area contributed by atoms with Crippen molar-refractivity contribution < 1.29 is 23.8 Å². The number of thiazole rings is 1. The van der Waals surface area contributed by atoms with E-state index >= 15 is 0 Å². The van der Waals surface area contributed by atoms with Gasteiger partial charge in [0.2, 0.25) is 0 Å². The minimum atomic E-state index is -0.991. The third-order valence-electron chi connectivity index (χ3n) is 6.34. The predicted octanol–water partition coefficient (Wildman–Crippen LogP) is 4.91. The number of rotatable bonds is 8. The highest BCUT2D eigenvalue weighted by Gasteiger charge is 2.34. The molecule has 1 aromatic carbocycles. The van der Waals surface area contributed by atoms with E-state index in [0.717, 1.165) is 22.4 Å². The van der Waals surface area contributed by atoms with Gasteiger partial charge in [0.1, 0.15) is 17.6 Å². The number of benzene rings is 1. The number of carbonyl (C=O) groups is 2. The summed E-state index contributed by atoms with van der Waals surface area (Å²) in [5, 5.41) is 11.2. The highest BCUT2D eigenvalue weighted by Crippen LogP contribution is 2.34. The fourth-order valence-corrected chi connectivity index (χ4v) is 6.44. The Bertz CT molecular complexity index is 1770. The summed E-state index contributed by atoms with van der Waals surface area (Å²) in [5.74, 6) is -0.413. The molecule has 4 heterocycles. The van der Waals surface area contributed by atoms with E-state index in [1.807, 2.05) is 31.4 Å². The normalized spacial score (nSPS) is 15.3. The van der Waals surface area contributed by atoms with Crippen molar-refractivity contribution >= 4 is 40.7 Å². The lowest BCUT2D eigenvalue weighted by Crippen LogP contribution is -2.39. The van der Waals surface area contributed by atoms with E-state index in [1.165, 1.54) is 28.7 Å². The largest absolute Gasteiger partial charge is 0.478 e. The Morgan fingerprint density at radius 2 is 2.03 bits per heavy atom. The molecule has 0 spiro atoms. The Kier molecular flexibility index (Phi) is 7.49. The van der Waals surface area contributed by atoms with Crippen LogP contribution in [0.25, 0.3) is 17.4 Å². The SMILES string of the molecule is CCCC1=C(C(=O)OCC)[C@@H](c2cccs2)n2c(s/c(=C\c3ccc(-c4ccc(C(=O)O)cc4C)o3)c2=O)=N1. The van der Waals surface area contributed by atoms with Crippen LogP contribution in [0.15, 0.2) is 73.3 Å². The zero-order valence-corrected chi connectivity index (χ0v) is 23.2. The Morgan fingerprint density at radius 3 is 2.69 bits per heavy atom. The average molecular weight is 563 g/mol. The van der Waals surface area contributed by atoms with E-state index in [9.17, 15) is 19.5 Å². The van der Waals surface area contributed by atoms with Crippen LogP contribution in [0.1, 0.15) is 59.3 Å². The molecule has 1 N–H and O–H groups in total. The molecule has 39 heavy (non-hydrogen) atoms. The number of aryl methyl sites for hydroxylation is 1. The maximum Gasteiger partial charge on any atom is 0.338 e. The van der Waals surface area contributed by atoms with Crippen molar-refractivity contribution in [1.29, 1.82) is 0 Å². The smallest absolute Gasteiger partial charge is 0.338 e. The number of ether oxygens (including phenoxy) is 1. The van der Waals surface area contributed by atoms with Crippen LogP contribution in [0.2, 0.25) is 0 Å². The molecule has 1 aliphatic heterocycles. The third kappa shape index (κ3) is 5.05. The Hall–Kier alpha value is -4.02. The molecule has 5 rings (SSSR count). The van der Waals surface area contributed by atoms with E-state index in [2.05, 4.69) is 0 Å². The van der Waals surface area contributed by atoms with Crippen LogP contribution in [0.3, 0.4) is 0 Å². The van der Waals surface area contributed by atoms with Crippen molar-refractivity contribution in [3.8, 4) is 11.3 Å². The lowest BCUT2D eigenvalue weighted by Gasteiger charge is -2.24. The molecule has 1 atom stereocenters. The van der Waals surface area contributed by atoms with Gasteiger partial charge in [0.05, 0.1) is 28.0 Å². The Labute approximate surface area is 231 Å². The molecule has 0 saturated heterocycles. The summed E-state index contributed by atoms with van der Waals surface area (Å²) in [4.78, 5) is 44.3. The van der Waals surface area contributed by atoms with Crippen LogP contribution >= 0.6 is 22.7 Å². The van der Waals surface area contributed by atoms with Gasteiger partial charge in [-0.25, -0.2) is 14.6 Å². The number of allylic oxidation sites excluding steroid dienone is 1. The molecule has 1 aliphatic rings. The van der Waals surface area contributed by atoms with Crippen LogP contribution in [0.5, 0.6) is 0 Å². The summed E-state index contributed by atoms with van der Waals surface area (Å²) in [6.45, 7) is 5.82. The van der Waals surface area contributed by atoms with Gasteiger partial charge in [-0.05, 0) is 61.5 Å². The van der Waals surface area contributed by atoms with Crippen LogP contribution in [0, 0.1) is 6.92 Å². The van der Waals surface area contributed by atoms with Crippen molar-refractivity contribution in [1.82, 2.24) is 4.57 Å². The summed E-state index contributed by atoms with van der Waals surface area (Å²) in [6.07, 6.45) is 3.05. The number of hydrogen-bond acceptors (Lipinski definition) is 8. The number of esters is 1. The Morgan fingerprint density at radius 1 is 1.21 bits per heavy atom. The Balaban J connectivity index is 1.61. The van der Waals surface area contributed by atoms with Gasteiger partial charge in [0.15, 0.2) is 4.80 Å². The number of carbonyl (C=O) groups excluding carboxylic acids is 1. The van der Waals surface area contributed by atoms with Gasteiger partial charge in [-0.2, -0.15) is 0 Å². The third-order valence-corrected chi connectivity index (χ3v) is 8.25. The molecule has 0 radical (unpaired) electrons. The number of aromatic carboxylic acids is 1. The lowest BCUT2D eigenvalue weighted by molar-refractivity contribution is -0.139. The number of nitrogens with zero attached hydrogens (tertiary/aromatic N) is 2. The first-order chi connectivity index (χ1) is 18.8. The summed E-state index contributed by atoms with van der Waals surface area (Å²) < 4.78 is 13.4. The number of furan rings is 1. The molecule has 10 heteroatoms. The van der Waals surface area contributed by atoms with Gasteiger partial charge in [0.25, 0.3) is 5.56 Å². The van der Waals surface area contributed by atoms with Gasteiger partial charge in [-0.15, -0.1) is 11.3 Å². The highest BCUT2D eigenvalue weighted by molar-refractivity contribution is 7.10. The van der Waals surface area contributed by atoms with E-state index in [0.29, 0.717) is 38.5 Å². The maximum absolute atomic E-state index is 13.8. The van der Waals surface area contributed by atoms with Crippen molar-refractivity contribution in [3.63, 3.8) is 0 Å². The summed E-state index contributed by atoms with van der Waals surface area (Å²) >= 11 is 2.72. The minimum Gasteiger partial charge on any atom is -0.478 e. The zero-order valence-electron chi connectivity index (χ0n) is 21.6. The maximum atomic E-state index is 13.8. The second kappa shape index (κ2) is 11.0. The predicted molar refractivity (Wildman–Crippen MR) is 150 cm³/mol. The summed E-state index contributed by atoms with van der Waals surface area (Å²) in [6, 6.07) is 11.6. The molecule has 8 nitrogen and oxygen atoms in total. The molecule has 0 bridgehead atoms. The van der Waals surface area contributed by atoms with E-state index < -0.39 is 18.0 Å². The molecular formula is C29H26N2O6S2. The number of fused-ring (bicyclic) bond motifs is 1. The molecule has 0 saturated carbocycles. The number of carboxylic acid groups (broad SMARTS) is 1. The number of carboxylic acids is 1. The molecule has 0 fully saturated rings. The molecule has 0 aliphatic carbocycles. The van der Waals surface area contributed by atoms with Crippen LogP contribution in [-0.2, 0) is 9.53 Å². The van der Waals surface area contributed by atoms with Crippen LogP contribution < -0.4 is 14.9 Å². The topological polar surface area (TPSA) is 111 Å². The van der Waals surface area contributed by atoms with Crippen LogP contribution in [0.4, 0.5) is 0 Å². The van der Waals surface area contributed by atoms with Gasteiger partial charge in [0, 0.05) is 16.5 Å². The fourth-order valence-electron chi connectivity index (χ4n) is 4.61. The van der Waals surface area contributed by atoms with Gasteiger partial charge >= 0.3 is 11.9 Å². The zero-order chi connectivity index (χ0) is 27.7. The van der Waals surface area contributed by atoms with Gasteiger partial charge < -0.3 is 14.3 Å². The second-order valence-electron chi connectivity index (χ2n) is 8.97.